The van der Waals surface area contributed by atoms with Crippen molar-refractivity contribution in [1.82, 2.24) is 25.2 Å². The first-order valence-corrected chi connectivity index (χ1v) is 3.99. The van der Waals surface area contributed by atoms with Crippen LogP contribution in [0.15, 0.2) is 18.6 Å². The Kier molecular flexibility index (Phi) is 2.25. The molecule has 0 saturated carbocycles. The Hall–Kier alpha value is -1.73. The van der Waals surface area contributed by atoms with E-state index in [2.05, 4.69) is 20.5 Å². The van der Waals surface area contributed by atoms with Crippen LogP contribution in [0, 0.1) is 0 Å². The maximum atomic E-state index is 8.83. The van der Waals surface area contributed by atoms with Gasteiger partial charge in [-0.1, -0.05) is 0 Å². The zero-order valence-corrected chi connectivity index (χ0v) is 7.20. The SMILES string of the molecule is OC(O)c1cnn(Cc2cn[nH]n2)c1. The van der Waals surface area contributed by atoms with Gasteiger partial charge in [-0.15, -0.1) is 0 Å². The van der Waals surface area contributed by atoms with E-state index in [4.69, 9.17) is 10.2 Å². The van der Waals surface area contributed by atoms with Crippen molar-refractivity contribution in [1.29, 1.82) is 0 Å². The molecule has 74 valence electrons. The molecule has 0 spiro atoms. The molecule has 0 aromatic carbocycles. The van der Waals surface area contributed by atoms with Gasteiger partial charge in [0.05, 0.1) is 18.9 Å². The average molecular weight is 195 g/mol. The van der Waals surface area contributed by atoms with E-state index in [0.29, 0.717) is 12.1 Å². The molecule has 3 N–H and O–H groups in total. The van der Waals surface area contributed by atoms with Crippen molar-refractivity contribution in [2.45, 2.75) is 12.8 Å². The lowest BCUT2D eigenvalue weighted by atomic mass is 10.3. The van der Waals surface area contributed by atoms with Crippen LogP contribution >= 0.6 is 0 Å². The van der Waals surface area contributed by atoms with Gasteiger partial charge in [0.1, 0.15) is 5.69 Å². The maximum Gasteiger partial charge on any atom is 0.181 e. The molecule has 0 unspecified atom stereocenters. The van der Waals surface area contributed by atoms with E-state index in [0.717, 1.165) is 5.69 Å². The Labute approximate surface area is 79.0 Å². The van der Waals surface area contributed by atoms with Crippen LogP contribution in [0.1, 0.15) is 17.5 Å². The third-order valence-corrected chi connectivity index (χ3v) is 1.74. The van der Waals surface area contributed by atoms with Crippen LogP contribution in [0.4, 0.5) is 0 Å². The highest BCUT2D eigenvalue weighted by molar-refractivity contribution is 5.06. The average Bonchev–Trinajstić information content (AvgIpc) is 2.75. The first-order valence-electron chi connectivity index (χ1n) is 3.99. The predicted octanol–water partition coefficient (Wildman–Crippen LogP) is -0.967. The molecule has 0 bridgehead atoms. The van der Waals surface area contributed by atoms with Crippen molar-refractivity contribution < 1.29 is 10.2 Å². The van der Waals surface area contributed by atoms with E-state index < -0.39 is 6.29 Å². The molecule has 0 fully saturated rings. The van der Waals surface area contributed by atoms with Gasteiger partial charge in [0, 0.05) is 11.8 Å². The molecule has 7 nitrogen and oxygen atoms in total. The molecule has 0 aliphatic carbocycles. The topological polar surface area (TPSA) is 99.9 Å². The van der Waals surface area contributed by atoms with Crippen LogP contribution in [0.25, 0.3) is 0 Å². The molecule has 0 aliphatic heterocycles. The molecule has 14 heavy (non-hydrogen) atoms. The summed E-state index contributed by atoms with van der Waals surface area (Å²) in [5.41, 5.74) is 1.08. The second-order valence-corrected chi connectivity index (χ2v) is 2.81. The van der Waals surface area contributed by atoms with E-state index >= 15 is 0 Å². The Bertz CT molecular complexity index is 394. The van der Waals surface area contributed by atoms with Gasteiger partial charge in [0.15, 0.2) is 6.29 Å². The number of nitrogens with zero attached hydrogens (tertiary/aromatic N) is 4. The molecule has 0 aliphatic rings. The van der Waals surface area contributed by atoms with E-state index in [1.807, 2.05) is 0 Å². The second-order valence-electron chi connectivity index (χ2n) is 2.81. The molecule has 2 aromatic heterocycles. The normalized spacial score (nSPS) is 11.1. The van der Waals surface area contributed by atoms with E-state index in [-0.39, 0.29) is 0 Å². The third-order valence-electron chi connectivity index (χ3n) is 1.74. The van der Waals surface area contributed by atoms with Crippen molar-refractivity contribution in [2.75, 3.05) is 0 Å². The summed E-state index contributed by atoms with van der Waals surface area (Å²) in [7, 11) is 0. The molecular formula is C7H9N5O2. The first-order chi connectivity index (χ1) is 6.75. The van der Waals surface area contributed by atoms with E-state index in [9.17, 15) is 0 Å². The Morgan fingerprint density at radius 1 is 1.43 bits per heavy atom. The largest absolute Gasteiger partial charge is 0.364 e. The highest BCUT2D eigenvalue weighted by Crippen LogP contribution is 2.07. The van der Waals surface area contributed by atoms with Crippen LogP contribution < -0.4 is 0 Å². The number of rotatable bonds is 3. The van der Waals surface area contributed by atoms with Gasteiger partial charge >= 0.3 is 0 Å². The number of aromatic nitrogens is 5. The summed E-state index contributed by atoms with van der Waals surface area (Å²) in [4.78, 5) is 0. The minimum Gasteiger partial charge on any atom is -0.364 e. The van der Waals surface area contributed by atoms with Crippen molar-refractivity contribution in [3.8, 4) is 0 Å². The smallest absolute Gasteiger partial charge is 0.181 e. The summed E-state index contributed by atoms with van der Waals surface area (Å²) in [5.74, 6) is 0. The fraction of sp³-hybridized carbons (Fsp3) is 0.286. The zero-order valence-electron chi connectivity index (χ0n) is 7.20. The molecule has 0 amide bonds. The third kappa shape index (κ3) is 1.78. The van der Waals surface area contributed by atoms with Gasteiger partial charge in [-0.2, -0.15) is 20.5 Å². The second kappa shape index (κ2) is 3.56. The van der Waals surface area contributed by atoms with Crippen molar-refractivity contribution in [2.24, 2.45) is 0 Å². The van der Waals surface area contributed by atoms with Crippen LogP contribution in [0.2, 0.25) is 0 Å². The monoisotopic (exact) mass is 195 g/mol. The van der Waals surface area contributed by atoms with E-state index in [1.54, 1.807) is 17.1 Å². The predicted molar refractivity (Wildman–Crippen MR) is 44.9 cm³/mol. The number of hydrogen-bond acceptors (Lipinski definition) is 5. The zero-order chi connectivity index (χ0) is 9.97. The fourth-order valence-corrected chi connectivity index (χ4v) is 1.07. The maximum absolute atomic E-state index is 8.83. The Balaban J connectivity index is 2.11. The van der Waals surface area contributed by atoms with Gasteiger partial charge < -0.3 is 10.2 Å². The molecule has 2 heterocycles. The number of hydrogen-bond donors (Lipinski definition) is 3. The van der Waals surface area contributed by atoms with Crippen molar-refractivity contribution >= 4 is 0 Å². The van der Waals surface area contributed by atoms with Gasteiger partial charge in [0.2, 0.25) is 0 Å². The first kappa shape index (κ1) is 8.85. The molecule has 0 radical (unpaired) electrons. The lowest BCUT2D eigenvalue weighted by molar-refractivity contribution is -0.0425. The fourth-order valence-electron chi connectivity index (χ4n) is 1.07. The van der Waals surface area contributed by atoms with Crippen LogP contribution in [0.3, 0.4) is 0 Å². The summed E-state index contributed by atoms with van der Waals surface area (Å²) in [6.45, 7) is 0.448. The molecule has 0 saturated heterocycles. The molecule has 2 aromatic rings. The van der Waals surface area contributed by atoms with E-state index in [1.165, 1.54) is 6.20 Å². The van der Waals surface area contributed by atoms with Gasteiger partial charge in [-0.3, -0.25) is 4.68 Å². The lowest BCUT2D eigenvalue weighted by Crippen LogP contribution is -2.00. The van der Waals surface area contributed by atoms with Crippen LogP contribution in [-0.2, 0) is 6.54 Å². The minimum atomic E-state index is -1.49. The van der Waals surface area contributed by atoms with Crippen LogP contribution in [-0.4, -0.2) is 35.4 Å². The lowest BCUT2D eigenvalue weighted by Gasteiger charge is -1.97. The summed E-state index contributed by atoms with van der Waals surface area (Å²) in [5, 5.41) is 31.6. The summed E-state index contributed by atoms with van der Waals surface area (Å²) >= 11 is 0. The van der Waals surface area contributed by atoms with Gasteiger partial charge in [-0.25, -0.2) is 0 Å². The van der Waals surface area contributed by atoms with Crippen LogP contribution in [0.5, 0.6) is 0 Å². The quantitative estimate of drug-likeness (QED) is 0.547. The van der Waals surface area contributed by atoms with Crippen molar-refractivity contribution in [3.63, 3.8) is 0 Å². The highest BCUT2D eigenvalue weighted by Gasteiger charge is 2.06. The highest BCUT2D eigenvalue weighted by atomic mass is 16.5. The number of aromatic amines is 1. The van der Waals surface area contributed by atoms with Gasteiger partial charge in [0.25, 0.3) is 0 Å². The minimum absolute atomic E-state index is 0.355. The van der Waals surface area contributed by atoms with Crippen molar-refractivity contribution in [3.05, 3.63) is 29.8 Å². The number of nitrogens with one attached hydrogen (secondary N) is 1. The molecule has 7 heteroatoms. The number of aliphatic hydroxyl groups is 2. The Morgan fingerprint density at radius 3 is 2.86 bits per heavy atom. The Morgan fingerprint density at radius 2 is 2.29 bits per heavy atom. The summed E-state index contributed by atoms with van der Waals surface area (Å²) in [6, 6.07) is 0. The molecular weight excluding hydrogens is 186 g/mol. The number of aliphatic hydroxyl groups excluding tert-OH is 1. The summed E-state index contributed by atoms with van der Waals surface area (Å²) < 4.78 is 1.55. The van der Waals surface area contributed by atoms with Gasteiger partial charge in [-0.05, 0) is 0 Å². The number of H-pyrrole nitrogens is 1. The standard InChI is InChI=1S/C7H9N5O2/c13-7(14)5-1-9-12(3-5)4-6-2-8-11-10-6/h1-3,7,13-14H,4H2,(H,8,10,11). The molecule has 0 atom stereocenters. The molecule has 2 rings (SSSR count). The summed E-state index contributed by atoms with van der Waals surface area (Å²) in [6.07, 6.45) is 3.03.